The van der Waals surface area contributed by atoms with Crippen molar-refractivity contribution in [2.24, 2.45) is 0 Å². The molecule has 0 rings (SSSR count). The van der Waals surface area contributed by atoms with Gasteiger partial charge in [0.25, 0.3) is 0 Å². The van der Waals surface area contributed by atoms with E-state index < -0.39 is 25.2 Å². The van der Waals surface area contributed by atoms with Gasteiger partial charge in [-0.05, 0) is 13.8 Å². The van der Waals surface area contributed by atoms with Crippen molar-refractivity contribution in [3.05, 3.63) is 0 Å². The lowest BCUT2D eigenvalue weighted by atomic mass is 10.4. The highest BCUT2D eigenvalue weighted by Crippen LogP contribution is 2.17. The molecule has 4 nitrogen and oxygen atoms in total. The van der Waals surface area contributed by atoms with Gasteiger partial charge in [-0.1, -0.05) is 0 Å². The summed E-state index contributed by atoms with van der Waals surface area (Å²) < 4.78 is 38.7. The highest BCUT2D eigenvalue weighted by atomic mass is 19.4. The third-order valence-corrected chi connectivity index (χ3v) is 1.09. The minimum Gasteiger partial charge on any atom is -0.465 e. The Morgan fingerprint density at radius 1 is 1.33 bits per heavy atom. The summed E-state index contributed by atoms with van der Waals surface area (Å²) in [6, 6.07) is 0. The van der Waals surface area contributed by atoms with E-state index in [-0.39, 0.29) is 0 Å². The molecule has 15 heavy (non-hydrogen) atoms. The molecule has 0 unspecified atom stereocenters. The molecule has 0 bridgehead atoms. The third kappa shape index (κ3) is 24.6. The van der Waals surface area contributed by atoms with E-state index in [1.54, 1.807) is 5.32 Å². The van der Waals surface area contributed by atoms with Gasteiger partial charge in [-0.25, -0.2) is 4.79 Å². The summed E-state index contributed by atoms with van der Waals surface area (Å²) in [4.78, 5) is 9.61. The van der Waals surface area contributed by atoms with Crippen LogP contribution in [0.4, 0.5) is 18.0 Å². The van der Waals surface area contributed by atoms with Crippen molar-refractivity contribution < 1.29 is 27.8 Å². The van der Waals surface area contributed by atoms with Crippen LogP contribution in [0, 0.1) is 0 Å². The lowest BCUT2D eigenvalue weighted by Gasteiger charge is -2.04. The van der Waals surface area contributed by atoms with Gasteiger partial charge < -0.3 is 15.2 Å². The normalized spacial score (nSPS) is 10.2. The average molecular weight is 231 g/mol. The Morgan fingerprint density at radius 3 is 2.00 bits per heavy atom. The molecule has 0 heterocycles. The summed E-state index contributed by atoms with van der Waals surface area (Å²) in [6.07, 6.45) is -6.86. The van der Waals surface area contributed by atoms with Gasteiger partial charge in [0, 0.05) is 19.8 Å². The van der Waals surface area contributed by atoms with E-state index in [9.17, 15) is 18.0 Å². The lowest BCUT2D eigenvalue weighted by Crippen LogP contribution is -2.26. The van der Waals surface area contributed by atoms with Gasteiger partial charge in [-0.3, -0.25) is 0 Å². The van der Waals surface area contributed by atoms with Crippen LogP contribution in [-0.4, -0.2) is 37.1 Å². The minimum atomic E-state index is -4.29. The van der Waals surface area contributed by atoms with E-state index >= 15 is 0 Å². The third-order valence-electron chi connectivity index (χ3n) is 1.09. The molecule has 7 heteroatoms. The fourth-order valence-electron chi connectivity index (χ4n) is 0.515. The van der Waals surface area contributed by atoms with Crippen molar-refractivity contribution in [1.82, 2.24) is 5.32 Å². The van der Waals surface area contributed by atoms with Gasteiger partial charge in [-0.2, -0.15) is 13.2 Å². The van der Waals surface area contributed by atoms with Crippen molar-refractivity contribution in [2.75, 3.05) is 19.8 Å². The van der Waals surface area contributed by atoms with Gasteiger partial charge >= 0.3 is 12.3 Å². The number of carboxylic acid groups (broad SMARTS) is 1. The van der Waals surface area contributed by atoms with Crippen molar-refractivity contribution in [2.45, 2.75) is 26.4 Å². The van der Waals surface area contributed by atoms with Crippen molar-refractivity contribution in [1.29, 1.82) is 0 Å². The summed E-state index contributed by atoms with van der Waals surface area (Å²) in [5, 5.41) is 9.43. The number of amides is 1. The SMILES string of the molecule is CCOCC.O=C(O)NCCC(F)(F)F. The van der Waals surface area contributed by atoms with E-state index in [0.717, 1.165) is 13.2 Å². The Bertz CT molecular complexity index is 160. The van der Waals surface area contributed by atoms with Crippen molar-refractivity contribution in [3.8, 4) is 0 Å². The number of nitrogens with one attached hydrogen (secondary N) is 1. The van der Waals surface area contributed by atoms with E-state index in [4.69, 9.17) is 9.84 Å². The molecule has 0 atom stereocenters. The maximum absolute atomic E-state index is 11.3. The molecule has 1 amide bonds. The minimum absolute atomic E-state index is 0.584. The van der Waals surface area contributed by atoms with Gasteiger partial charge in [0.05, 0.1) is 6.42 Å². The number of carbonyl (C=O) groups is 1. The van der Waals surface area contributed by atoms with E-state index in [0.29, 0.717) is 0 Å². The first-order valence-corrected chi connectivity index (χ1v) is 4.44. The Kier molecular flexibility index (Phi) is 10.5. The molecule has 0 aromatic carbocycles. The second kappa shape index (κ2) is 9.57. The van der Waals surface area contributed by atoms with Crippen LogP contribution in [0.3, 0.4) is 0 Å². The van der Waals surface area contributed by atoms with E-state index in [2.05, 4.69) is 0 Å². The smallest absolute Gasteiger partial charge is 0.404 e. The van der Waals surface area contributed by atoms with Gasteiger partial charge in [0.1, 0.15) is 0 Å². The Balaban J connectivity index is 0. The maximum Gasteiger partial charge on any atom is 0.404 e. The molecule has 0 aromatic rings. The molecule has 2 N–H and O–H groups in total. The summed E-state index contributed by atoms with van der Waals surface area (Å²) in [6.45, 7) is 5.08. The number of halogens is 3. The molecule has 0 spiro atoms. The van der Waals surface area contributed by atoms with Crippen LogP contribution in [-0.2, 0) is 4.74 Å². The predicted octanol–water partition coefficient (Wildman–Crippen LogP) is 2.25. The molecule has 0 saturated carbocycles. The van der Waals surface area contributed by atoms with Crippen molar-refractivity contribution in [3.63, 3.8) is 0 Å². The summed E-state index contributed by atoms with van der Waals surface area (Å²) in [5.41, 5.74) is 0. The van der Waals surface area contributed by atoms with E-state index in [1.807, 2.05) is 13.8 Å². The van der Waals surface area contributed by atoms with Crippen molar-refractivity contribution >= 4 is 6.09 Å². The molecule has 0 aliphatic heterocycles. The molecule has 0 saturated heterocycles. The first-order valence-electron chi connectivity index (χ1n) is 4.44. The highest BCUT2D eigenvalue weighted by molar-refractivity contribution is 5.64. The molecule has 0 radical (unpaired) electrons. The lowest BCUT2D eigenvalue weighted by molar-refractivity contribution is -0.133. The van der Waals surface area contributed by atoms with Crippen LogP contribution in [0.15, 0.2) is 0 Å². The number of hydrogen-bond donors (Lipinski definition) is 2. The second-order valence-corrected chi connectivity index (χ2v) is 2.38. The molecule has 0 aromatic heterocycles. The number of hydrogen-bond acceptors (Lipinski definition) is 2. The zero-order chi connectivity index (χ0) is 12.3. The summed E-state index contributed by atoms with van der Waals surface area (Å²) in [5.74, 6) is 0. The second-order valence-electron chi connectivity index (χ2n) is 2.38. The first kappa shape index (κ1) is 16.4. The summed E-state index contributed by atoms with van der Waals surface area (Å²) in [7, 11) is 0. The standard InChI is InChI=1S/C4H6F3NO2.C4H10O/c5-4(6,7)1-2-8-3(9)10;1-3-5-4-2/h8H,1-2H2,(H,9,10);3-4H2,1-2H3. The van der Waals surface area contributed by atoms with Crippen LogP contribution in [0.1, 0.15) is 20.3 Å². The highest BCUT2D eigenvalue weighted by Gasteiger charge is 2.26. The molecule has 0 aliphatic carbocycles. The maximum atomic E-state index is 11.3. The van der Waals surface area contributed by atoms with Gasteiger partial charge in [-0.15, -0.1) is 0 Å². The summed E-state index contributed by atoms with van der Waals surface area (Å²) >= 11 is 0. The molecular weight excluding hydrogens is 215 g/mol. The number of alkyl halides is 3. The zero-order valence-electron chi connectivity index (χ0n) is 8.73. The van der Waals surface area contributed by atoms with Gasteiger partial charge in [0.2, 0.25) is 0 Å². The molecular formula is C8H16F3NO3. The quantitative estimate of drug-likeness (QED) is 0.780. The number of ether oxygens (including phenoxy) is 1. The van der Waals surface area contributed by atoms with Crippen LogP contribution >= 0.6 is 0 Å². The van der Waals surface area contributed by atoms with Crippen LogP contribution in [0.25, 0.3) is 0 Å². The molecule has 0 aliphatic rings. The largest absolute Gasteiger partial charge is 0.465 e. The Morgan fingerprint density at radius 2 is 1.80 bits per heavy atom. The zero-order valence-corrected chi connectivity index (χ0v) is 8.73. The molecule has 92 valence electrons. The van der Waals surface area contributed by atoms with Gasteiger partial charge in [0.15, 0.2) is 0 Å². The monoisotopic (exact) mass is 231 g/mol. The Hall–Kier alpha value is -0.980. The topological polar surface area (TPSA) is 58.6 Å². The average Bonchev–Trinajstić information content (AvgIpc) is 2.03. The predicted molar refractivity (Wildman–Crippen MR) is 48.9 cm³/mol. The Labute approximate surface area is 86.4 Å². The van der Waals surface area contributed by atoms with Crippen LogP contribution < -0.4 is 5.32 Å². The molecule has 0 fully saturated rings. The van der Waals surface area contributed by atoms with Crippen LogP contribution in [0.2, 0.25) is 0 Å². The number of rotatable bonds is 4. The fourth-order valence-corrected chi connectivity index (χ4v) is 0.515. The van der Waals surface area contributed by atoms with E-state index in [1.165, 1.54) is 0 Å². The first-order chi connectivity index (χ1) is 6.83. The fraction of sp³-hybridized carbons (Fsp3) is 0.875. The van der Waals surface area contributed by atoms with Crippen LogP contribution in [0.5, 0.6) is 0 Å².